The number of ether oxygens (including phenoxy) is 2. The molecule has 1 aliphatic rings. The summed E-state index contributed by atoms with van der Waals surface area (Å²) in [5.41, 5.74) is 9.36. The zero-order valence-electron chi connectivity index (χ0n) is 29.2. The molecule has 1 aliphatic carbocycles. The molecular formula is C47H42O4. The summed E-state index contributed by atoms with van der Waals surface area (Å²) in [6.07, 6.45) is 9.20. The van der Waals surface area contributed by atoms with E-state index in [4.69, 9.17) is 9.47 Å². The molecule has 0 bridgehead atoms. The summed E-state index contributed by atoms with van der Waals surface area (Å²) in [5.74, 6) is -0.655. The Morgan fingerprint density at radius 3 is 1.35 bits per heavy atom. The largest absolute Gasteiger partial charge is 0.463 e. The summed E-state index contributed by atoms with van der Waals surface area (Å²) in [4.78, 5) is 24.6. The zero-order valence-corrected chi connectivity index (χ0v) is 29.2. The predicted molar refractivity (Wildman–Crippen MR) is 209 cm³/mol. The van der Waals surface area contributed by atoms with Crippen molar-refractivity contribution in [2.24, 2.45) is 0 Å². The maximum atomic E-state index is 12.3. The lowest BCUT2D eigenvalue weighted by atomic mass is 9.71. The molecule has 0 saturated heterocycles. The fourth-order valence-corrected chi connectivity index (χ4v) is 8.08. The normalized spacial score (nSPS) is 13.1. The number of fused-ring (bicyclic) bond motifs is 5. The SMILES string of the molecule is CC=CC(=O)OCCCC1(CCCOC(=O)C=CC)c2cccc(-c3cccc4ccccc34)c2-c2c(-c3cccc4ccccc34)cccc21. The third-order valence-corrected chi connectivity index (χ3v) is 10.2. The first-order valence-corrected chi connectivity index (χ1v) is 17.9. The Kier molecular flexibility index (Phi) is 9.94. The molecule has 0 saturated carbocycles. The molecule has 0 aliphatic heterocycles. The molecule has 254 valence electrons. The third-order valence-electron chi connectivity index (χ3n) is 10.2. The van der Waals surface area contributed by atoms with Crippen LogP contribution in [-0.4, -0.2) is 25.2 Å². The smallest absolute Gasteiger partial charge is 0.330 e. The summed E-state index contributed by atoms with van der Waals surface area (Å²) >= 11 is 0. The highest BCUT2D eigenvalue weighted by Gasteiger charge is 2.44. The van der Waals surface area contributed by atoms with Crippen LogP contribution in [0.3, 0.4) is 0 Å². The molecule has 6 aromatic rings. The Morgan fingerprint density at radius 1 is 0.510 bits per heavy atom. The van der Waals surface area contributed by atoms with E-state index in [-0.39, 0.29) is 11.9 Å². The molecular weight excluding hydrogens is 629 g/mol. The van der Waals surface area contributed by atoms with Crippen LogP contribution in [0.2, 0.25) is 0 Å². The topological polar surface area (TPSA) is 52.6 Å². The third kappa shape index (κ3) is 6.50. The van der Waals surface area contributed by atoms with Gasteiger partial charge in [-0.05, 0) is 106 Å². The molecule has 0 fully saturated rings. The van der Waals surface area contributed by atoms with Crippen molar-refractivity contribution in [3.63, 3.8) is 0 Å². The van der Waals surface area contributed by atoms with Crippen LogP contribution in [0.4, 0.5) is 0 Å². The van der Waals surface area contributed by atoms with E-state index in [9.17, 15) is 9.59 Å². The first-order valence-electron chi connectivity index (χ1n) is 17.9. The molecule has 0 amide bonds. The number of benzene rings is 6. The van der Waals surface area contributed by atoms with Crippen molar-refractivity contribution in [1.82, 2.24) is 0 Å². The van der Waals surface area contributed by atoms with Crippen LogP contribution in [0.25, 0.3) is 54.9 Å². The van der Waals surface area contributed by atoms with Crippen LogP contribution >= 0.6 is 0 Å². The lowest BCUT2D eigenvalue weighted by Gasteiger charge is -2.33. The molecule has 0 heterocycles. The highest BCUT2D eigenvalue weighted by molar-refractivity contribution is 6.08. The predicted octanol–water partition coefficient (Wildman–Crippen LogP) is 11.4. The number of carbonyl (C=O) groups excluding carboxylic acids is 2. The van der Waals surface area contributed by atoms with Crippen LogP contribution < -0.4 is 0 Å². The van der Waals surface area contributed by atoms with Crippen molar-refractivity contribution in [1.29, 1.82) is 0 Å². The van der Waals surface area contributed by atoms with Crippen molar-refractivity contribution in [2.45, 2.75) is 44.9 Å². The molecule has 6 aromatic carbocycles. The fourth-order valence-electron chi connectivity index (χ4n) is 8.08. The summed E-state index contributed by atoms with van der Waals surface area (Å²) < 4.78 is 11.3. The van der Waals surface area contributed by atoms with Crippen molar-refractivity contribution in [3.8, 4) is 33.4 Å². The number of rotatable bonds is 12. The van der Waals surface area contributed by atoms with Gasteiger partial charge in [-0.25, -0.2) is 9.59 Å². The van der Waals surface area contributed by atoms with Crippen LogP contribution in [0.5, 0.6) is 0 Å². The minimum absolute atomic E-state index is 0.317. The molecule has 51 heavy (non-hydrogen) atoms. The quantitative estimate of drug-likeness (QED) is 0.0739. The number of esters is 2. The van der Waals surface area contributed by atoms with Gasteiger partial charge in [0.2, 0.25) is 0 Å². The number of carbonyl (C=O) groups is 2. The van der Waals surface area contributed by atoms with Gasteiger partial charge in [-0.3, -0.25) is 0 Å². The van der Waals surface area contributed by atoms with Gasteiger partial charge in [-0.2, -0.15) is 0 Å². The van der Waals surface area contributed by atoms with Gasteiger partial charge in [0.1, 0.15) is 0 Å². The summed E-state index contributed by atoms with van der Waals surface area (Å²) in [5, 5.41) is 4.82. The van der Waals surface area contributed by atoms with Crippen molar-refractivity contribution < 1.29 is 19.1 Å². The Balaban J connectivity index is 1.45. The van der Waals surface area contributed by atoms with E-state index in [2.05, 4.69) is 121 Å². The van der Waals surface area contributed by atoms with Gasteiger partial charge >= 0.3 is 11.9 Å². The second-order valence-corrected chi connectivity index (χ2v) is 13.1. The van der Waals surface area contributed by atoms with E-state index in [1.54, 1.807) is 12.2 Å². The minimum atomic E-state index is -0.411. The van der Waals surface area contributed by atoms with Crippen molar-refractivity contribution in [2.75, 3.05) is 13.2 Å². The Labute approximate surface area is 300 Å². The average molecular weight is 671 g/mol. The second kappa shape index (κ2) is 15.0. The molecule has 0 spiro atoms. The van der Waals surface area contributed by atoms with Crippen molar-refractivity contribution >= 4 is 33.5 Å². The van der Waals surface area contributed by atoms with Gasteiger partial charge in [0.25, 0.3) is 0 Å². The van der Waals surface area contributed by atoms with Crippen molar-refractivity contribution in [3.05, 3.63) is 157 Å². The van der Waals surface area contributed by atoms with E-state index in [0.29, 0.717) is 26.1 Å². The molecule has 0 radical (unpaired) electrons. The summed E-state index contributed by atoms with van der Waals surface area (Å²) in [6.45, 7) is 4.26. The lowest BCUT2D eigenvalue weighted by Crippen LogP contribution is -2.27. The van der Waals surface area contributed by atoms with Gasteiger partial charge < -0.3 is 9.47 Å². The second-order valence-electron chi connectivity index (χ2n) is 13.1. The van der Waals surface area contributed by atoms with E-state index in [0.717, 1.165) is 12.8 Å². The number of hydrogen-bond donors (Lipinski definition) is 0. The maximum absolute atomic E-state index is 12.3. The lowest BCUT2D eigenvalue weighted by molar-refractivity contribution is -0.138. The van der Waals surface area contributed by atoms with E-state index >= 15 is 0 Å². The van der Waals surface area contributed by atoms with E-state index in [1.165, 1.54) is 78.2 Å². The first-order chi connectivity index (χ1) is 25.1. The maximum Gasteiger partial charge on any atom is 0.330 e. The van der Waals surface area contributed by atoms with Gasteiger partial charge in [0.05, 0.1) is 13.2 Å². The fraction of sp³-hybridized carbons (Fsp3) is 0.191. The minimum Gasteiger partial charge on any atom is -0.463 e. The number of hydrogen-bond acceptors (Lipinski definition) is 4. The molecule has 0 atom stereocenters. The Hall–Kier alpha value is -5.74. The highest BCUT2D eigenvalue weighted by Crippen LogP contribution is 2.59. The van der Waals surface area contributed by atoms with Crippen LogP contribution in [0.1, 0.15) is 50.7 Å². The highest BCUT2D eigenvalue weighted by atomic mass is 16.5. The van der Waals surface area contributed by atoms with E-state index < -0.39 is 5.41 Å². The summed E-state index contributed by atoms with van der Waals surface area (Å²) in [7, 11) is 0. The van der Waals surface area contributed by atoms with Gasteiger partial charge in [0, 0.05) is 17.6 Å². The molecule has 0 unspecified atom stereocenters. The Morgan fingerprint density at radius 2 is 0.902 bits per heavy atom. The molecule has 7 rings (SSSR count). The first kappa shape index (κ1) is 33.7. The molecule has 4 nitrogen and oxygen atoms in total. The van der Waals surface area contributed by atoms with Crippen LogP contribution in [0, 0.1) is 0 Å². The molecule has 0 aromatic heterocycles. The monoisotopic (exact) mass is 670 g/mol. The van der Waals surface area contributed by atoms with Crippen LogP contribution in [-0.2, 0) is 24.5 Å². The Bertz CT molecular complexity index is 2120. The van der Waals surface area contributed by atoms with Gasteiger partial charge in [0.15, 0.2) is 0 Å². The van der Waals surface area contributed by atoms with E-state index in [1.807, 2.05) is 13.8 Å². The zero-order chi connectivity index (χ0) is 35.2. The number of allylic oxidation sites excluding steroid dienone is 2. The van der Waals surface area contributed by atoms with Crippen LogP contribution in [0.15, 0.2) is 146 Å². The average Bonchev–Trinajstić information content (AvgIpc) is 3.45. The summed E-state index contributed by atoms with van der Waals surface area (Å²) in [6, 6.07) is 43.7. The van der Waals surface area contributed by atoms with Gasteiger partial charge in [-0.1, -0.05) is 133 Å². The molecule has 0 N–H and O–H groups in total. The standard InChI is InChI=1S/C47H42O4/c1-3-15-43(48)50-31-13-29-47(30-14-32-51-44(49)16-4-2)41-27-11-25-39(37-23-9-19-33-17-5-7-21-35(33)37)45(41)46-40(26-12-28-42(46)47)38-24-10-20-34-18-6-8-22-36(34)38/h3-12,15-28H,13-14,29-32H2,1-2H3. The van der Waals surface area contributed by atoms with Gasteiger partial charge in [-0.15, -0.1) is 0 Å². The molecule has 4 heteroatoms.